The minimum absolute atomic E-state index is 0.165. The van der Waals surface area contributed by atoms with Gasteiger partial charge < -0.3 is 10.1 Å². The zero-order valence-corrected chi connectivity index (χ0v) is 12.7. The Morgan fingerprint density at radius 1 is 1.35 bits per heavy atom. The smallest absolute Gasteiger partial charge is 0.242 e. The van der Waals surface area contributed by atoms with Crippen molar-refractivity contribution in [2.24, 2.45) is 5.92 Å². The van der Waals surface area contributed by atoms with Crippen molar-refractivity contribution in [2.45, 2.75) is 30.7 Å². The molecule has 1 atom stereocenters. The molecular weight excluding hydrogens is 276 g/mol. The number of rotatable bonds is 8. The van der Waals surface area contributed by atoms with Crippen LogP contribution in [0.5, 0.6) is 0 Å². The predicted octanol–water partition coefficient (Wildman–Crippen LogP) is 1.82. The Balaban J connectivity index is 2.23. The fourth-order valence-corrected chi connectivity index (χ4v) is 3.47. The average Bonchev–Trinajstić information content (AvgIpc) is 3.23. The van der Waals surface area contributed by atoms with Crippen molar-refractivity contribution in [1.82, 2.24) is 4.72 Å². The Kier molecular flexibility index (Phi) is 5.01. The Hall–Kier alpha value is -1.11. The van der Waals surface area contributed by atoms with E-state index in [0.717, 1.165) is 0 Å². The Morgan fingerprint density at radius 3 is 2.65 bits per heavy atom. The molecule has 0 radical (unpaired) electrons. The molecule has 112 valence electrons. The van der Waals surface area contributed by atoms with E-state index in [1.165, 1.54) is 12.8 Å². The van der Waals surface area contributed by atoms with E-state index < -0.39 is 10.0 Å². The predicted molar refractivity (Wildman–Crippen MR) is 79.3 cm³/mol. The monoisotopic (exact) mass is 298 g/mol. The highest BCUT2D eigenvalue weighted by Gasteiger charge is 2.32. The second-order valence-corrected chi connectivity index (χ2v) is 6.78. The van der Waals surface area contributed by atoms with Crippen LogP contribution >= 0.6 is 0 Å². The number of ether oxygens (including phenoxy) is 1. The van der Waals surface area contributed by atoms with Crippen LogP contribution in [0.4, 0.5) is 5.69 Å². The zero-order chi connectivity index (χ0) is 14.6. The van der Waals surface area contributed by atoms with Gasteiger partial charge >= 0.3 is 0 Å². The summed E-state index contributed by atoms with van der Waals surface area (Å²) in [6.07, 6.45) is 2.34. The van der Waals surface area contributed by atoms with Crippen molar-refractivity contribution in [3.63, 3.8) is 0 Å². The number of sulfonamides is 1. The maximum atomic E-state index is 12.2. The standard InChI is InChI=1S/C14H22N2O3S/c1-3-15-20(17,18)14-7-5-4-6-12(14)16-13(10-19-2)11-8-9-11/h4-7,11,13,15-16H,3,8-10H2,1-2H3. The maximum Gasteiger partial charge on any atom is 0.242 e. The molecule has 2 N–H and O–H groups in total. The number of anilines is 1. The summed E-state index contributed by atoms with van der Waals surface area (Å²) in [5.74, 6) is 0.574. The number of nitrogens with one attached hydrogen (secondary N) is 2. The lowest BCUT2D eigenvalue weighted by Gasteiger charge is -2.20. The van der Waals surface area contributed by atoms with Crippen molar-refractivity contribution in [2.75, 3.05) is 25.6 Å². The number of hydrogen-bond donors (Lipinski definition) is 2. The second-order valence-electron chi connectivity index (χ2n) is 5.04. The Morgan fingerprint density at radius 2 is 2.05 bits per heavy atom. The Labute approximate surface area is 120 Å². The van der Waals surface area contributed by atoms with E-state index in [4.69, 9.17) is 4.74 Å². The molecular formula is C14H22N2O3S. The normalized spacial score (nSPS) is 16.9. The molecule has 0 aliphatic heterocycles. The van der Waals surface area contributed by atoms with Gasteiger partial charge in [-0.1, -0.05) is 19.1 Å². The van der Waals surface area contributed by atoms with E-state index in [9.17, 15) is 8.42 Å². The van der Waals surface area contributed by atoms with Gasteiger partial charge in [0.1, 0.15) is 4.90 Å². The molecule has 0 bridgehead atoms. The van der Waals surface area contributed by atoms with Crippen molar-refractivity contribution in [1.29, 1.82) is 0 Å². The highest BCUT2D eigenvalue weighted by atomic mass is 32.2. The van der Waals surface area contributed by atoms with Gasteiger partial charge in [-0.2, -0.15) is 0 Å². The fourth-order valence-electron chi connectivity index (χ4n) is 2.26. The first-order valence-corrected chi connectivity index (χ1v) is 8.41. The third kappa shape index (κ3) is 3.71. The molecule has 2 rings (SSSR count). The van der Waals surface area contributed by atoms with Crippen LogP contribution in [-0.4, -0.2) is 34.7 Å². The van der Waals surface area contributed by atoms with Crippen LogP contribution in [0.3, 0.4) is 0 Å². The second kappa shape index (κ2) is 6.56. The zero-order valence-electron chi connectivity index (χ0n) is 11.9. The quantitative estimate of drug-likeness (QED) is 0.768. The van der Waals surface area contributed by atoms with Gasteiger partial charge in [-0.25, -0.2) is 13.1 Å². The lowest BCUT2D eigenvalue weighted by molar-refractivity contribution is 0.179. The SMILES string of the molecule is CCNS(=O)(=O)c1ccccc1NC(COC)C1CC1. The van der Waals surface area contributed by atoms with E-state index in [2.05, 4.69) is 10.0 Å². The third-order valence-corrected chi connectivity index (χ3v) is 4.99. The minimum Gasteiger partial charge on any atom is -0.383 e. The van der Waals surface area contributed by atoms with Gasteiger partial charge in [0.2, 0.25) is 10.0 Å². The van der Waals surface area contributed by atoms with Gasteiger partial charge in [0, 0.05) is 13.7 Å². The minimum atomic E-state index is -3.46. The Bertz CT molecular complexity index is 541. The lowest BCUT2D eigenvalue weighted by atomic mass is 10.2. The molecule has 1 aromatic carbocycles. The van der Waals surface area contributed by atoms with Crippen LogP contribution in [0, 0.1) is 5.92 Å². The maximum absolute atomic E-state index is 12.2. The van der Waals surface area contributed by atoms with Crippen molar-refractivity contribution >= 4 is 15.7 Å². The third-order valence-electron chi connectivity index (χ3n) is 3.39. The van der Waals surface area contributed by atoms with Crippen molar-refractivity contribution in [3.8, 4) is 0 Å². The van der Waals surface area contributed by atoms with Crippen LogP contribution in [0.15, 0.2) is 29.2 Å². The molecule has 1 aliphatic carbocycles. The summed E-state index contributed by atoms with van der Waals surface area (Å²) in [5.41, 5.74) is 0.641. The molecule has 1 fully saturated rings. The summed E-state index contributed by atoms with van der Waals surface area (Å²) >= 11 is 0. The molecule has 1 aliphatic rings. The fraction of sp³-hybridized carbons (Fsp3) is 0.571. The topological polar surface area (TPSA) is 67.4 Å². The molecule has 1 aromatic rings. The van der Waals surface area contributed by atoms with Gasteiger partial charge in [-0.05, 0) is 30.9 Å². The van der Waals surface area contributed by atoms with E-state index in [1.807, 2.05) is 6.07 Å². The molecule has 0 heterocycles. The molecule has 0 aromatic heterocycles. The van der Waals surface area contributed by atoms with Gasteiger partial charge in [-0.3, -0.25) is 0 Å². The van der Waals surface area contributed by atoms with Crippen LogP contribution in [0.25, 0.3) is 0 Å². The molecule has 0 amide bonds. The van der Waals surface area contributed by atoms with Gasteiger partial charge in [0.05, 0.1) is 18.3 Å². The molecule has 1 unspecified atom stereocenters. The highest BCUT2D eigenvalue weighted by Crippen LogP contribution is 2.35. The van der Waals surface area contributed by atoms with Crippen LogP contribution < -0.4 is 10.0 Å². The summed E-state index contributed by atoms with van der Waals surface area (Å²) in [6, 6.07) is 7.16. The molecule has 5 nitrogen and oxygen atoms in total. The lowest BCUT2D eigenvalue weighted by Crippen LogP contribution is -2.29. The number of hydrogen-bond acceptors (Lipinski definition) is 4. The first kappa shape index (κ1) is 15.3. The molecule has 1 saturated carbocycles. The molecule has 6 heteroatoms. The average molecular weight is 298 g/mol. The summed E-state index contributed by atoms with van der Waals surface area (Å²) in [5, 5.41) is 3.33. The van der Waals surface area contributed by atoms with Crippen LogP contribution in [-0.2, 0) is 14.8 Å². The summed E-state index contributed by atoms with van der Waals surface area (Å²) in [7, 11) is -1.80. The van der Waals surface area contributed by atoms with E-state index in [0.29, 0.717) is 29.7 Å². The first-order valence-electron chi connectivity index (χ1n) is 6.92. The molecule has 0 spiro atoms. The summed E-state index contributed by atoms with van der Waals surface area (Å²) in [4.78, 5) is 0.295. The van der Waals surface area contributed by atoms with Crippen molar-refractivity contribution < 1.29 is 13.2 Å². The van der Waals surface area contributed by atoms with Gasteiger partial charge in [-0.15, -0.1) is 0 Å². The van der Waals surface area contributed by atoms with Crippen LogP contribution in [0.1, 0.15) is 19.8 Å². The number of para-hydroxylation sites is 1. The van der Waals surface area contributed by atoms with Gasteiger partial charge in [0.15, 0.2) is 0 Å². The number of methoxy groups -OCH3 is 1. The van der Waals surface area contributed by atoms with Gasteiger partial charge in [0.25, 0.3) is 0 Å². The highest BCUT2D eigenvalue weighted by molar-refractivity contribution is 7.89. The molecule has 0 saturated heterocycles. The van der Waals surface area contributed by atoms with Crippen LogP contribution in [0.2, 0.25) is 0 Å². The van der Waals surface area contributed by atoms with Crippen molar-refractivity contribution in [3.05, 3.63) is 24.3 Å². The van der Waals surface area contributed by atoms with E-state index in [1.54, 1.807) is 32.2 Å². The largest absolute Gasteiger partial charge is 0.383 e. The summed E-state index contributed by atoms with van der Waals surface area (Å²) < 4.78 is 32.1. The van der Waals surface area contributed by atoms with E-state index >= 15 is 0 Å². The first-order chi connectivity index (χ1) is 9.58. The molecule has 20 heavy (non-hydrogen) atoms. The van der Waals surface area contributed by atoms with E-state index in [-0.39, 0.29) is 6.04 Å². The summed E-state index contributed by atoms with van der Waals surface area (Å²) in [6.45, 7) is 2.73. The number of benzene rings is 1.